The number of aromatic nitrogens is 2. The van der Waals surface area contributed by atoms with Crippen LogP contribution in [-0.4, -0.2) is 39.8 Å². The molecule has 1 aromatic carbocycles. The standard InChI is InChI=1S/C18H24N4O2/c1-5-22-11(2)17-14(9-16(24)19-18(17)20-22)12-6-7-15(23)13(8-12)10-21(3)4/h6-8,14,23H,5,9-10H2,1-4H3,(H,19,20,24). The van der Waals surface area contributed by atoms with Crippen LogP contribution < -0.4 is 5.32 Å². The van der Waals surface area contributed by atoms with Crippen molar-refractivity contribution in [3.05, 3.63) is 40.6 Å². The van der Waals surface area contributed by atoms with Crippen LogP contribution in [0.25, 0.3) is 0 Å². The molecule has 2 heterocycles. The maximum absolute atomic E-state index is 12.1. The summed E-state index contributed by atoms with van der Waals surface area (Å²) < 4.78 is 1.92. The lowest BCUT2D eigenvalue weighted by Crippen LogP contribution is -2.23. The van der Waals surface area contributed by atoms with Gasteiger partial charge in [-0.05, 0) is 39.6 Å². The van der Waals surface area contributed by atoms with Crippen LogP contribution in [0, 0.1) is 6.92 Å². The van der Waals surface area contributed by atoms with Gasteiger partial charge in [-0.25, -0.2) is 0 Å². The van der Waals surface area contributed by atoms with Crippen LogP contribution >= 0.6 is 0 Å². The zero-order chi connectivity index (χ0) is 17.4. The first-order chi connectivity index (χ1) is 11.4. The van der Waals surface area contributed by atoms with Crippen LogP contribution in [0.3, 0.4) is 0 Å². The summed E-state index contributed by atoms with van der Waals surface area (Å²) in [4.78, 5) is 14.1. The third-order valence-corrected chi connectivity index (χ3v) is 4.54. The molecular weight excluding hydrogens is 304 g/mol. The summed E-state index contributed by atoms with van der Waals surface area (Å²) in [5, 5.41) is 17.5. The molecule has 1 amide bonds. The second-order valence-corrected chi connectivity index (χ2v) is 6.59. The fraction of sp³-hybridized carbons (Fsp3) is 0.444. The summed E-state index contributed by atoms with van der Waals surface area (Å²) in [6.07, 6.45) is 0.398. The molecule has 1 aliphatic rings. The number of phenols is 1. The minimum Gasteiger partial charge on any atom is -0.508 e. The van der Waals surface area contributed by atoms with Gasteiger partial charge in [0.05, 0.1) is 0 Å². The van der Waals surface area contributed by atoms with E-state index in [1.807, 2.05) is 49.7 Å². The minimum absolute atomic E-state index is 0.0181. The van der Waals surface area contributed by atoms with Gasteiger partial charge in [-0.15, -0.1) is 0 Å². The Bertz CT molecular complexity index is 780. The molecule has 6 nitrogen and oxygen atoms in total. The number of carbonyl (C=O) groups is 1. The largest absolute Gasteiger partial charge is 0.508 e. The molecule has 0 radical (unpaired) electrons. The molecule has 1 atom stereocenters. The van der Waals surface area contributed by atoms with Gasteiger partial charge < -0.3 is 15.3 Å². The van der Waals surface area contributed by atoms with E-state index in [0.29, 0.717) is 18.8 Å². The summed E-state index contributed by atoms with van der Waals surface area (Å²) in [6.45, 7) is 5.50. The smallest absolute Gasteiger partial charge is 0.226 e. The normalized spacial score (nSPS) is 17.0. The molecule has 1 unspecified atom stereocenters. The third-order valence-electron chi connectivity index (χ3n) is 4.54. The molecule has 24 heavy (non-hydrogen) atoms. The molecule has 0 spiro atoms. The van der Waals surface area contributed by atoms with Gasteiger partial charge in [-0.2, -0.15) is 5.10 Å². The van der Waals surface area contributed by atoms with E-state index in [1.54, 1.807) is 6.07 Å². The van der Waals surface area contributed by atoms with Gasteiger partial charge in [0.1, 0.15) is 5.75 Å². The lowest BCUT2D eigenvalue weighted by atomic mass is 9.85. The Hall–Kier alpha value is -2.34. The van der Waals surface area contributed by atoms with E-state index in [9.17, 15) is 9.90 Å². The number of aryl methyl sites for hydroxylation is 1. The maximum atomic E-state index is 12.1. The number of amides is 1. The highest BCUT2D eigenvalue weighted by Gasteiger charge is 2.32. The van der Waals surface area contributed by atoms with Crippen molar-refractivity contribution in [2.24, 2.45) is 0 Å². The number of nitrogens with zero attached hydrogens (tertiary/aromatic N) is 3. The van der Waals surface area contributed by atoms with Crippen molar-refractivity contribution in [2.45, 2.75) is 39.3 Å². The Kier molecular flexibility index (Phi) is 4.32. The van der Waals surface area contributed by atoms with Gasteiger partial charge >= 0.3 is 0 Å². The SMILES string of the molecule is CCn1nc2c(c1C)C(c1ccc(O)c(CN(C)C)c1)CC(=O)N2. The quantitative estimate of drug-likeness (QED) is 0.904. The number of nitrogens with one attached hydrogen (secondary N) is 1. The van der Waals surface area contributed by atoms with E-state index >= 15 is 0 Å². The molecular formula is C18H24N4O2. The van der Waals surface area contributed by atoms with E-state index < -0.39 is 0 Å². The van der Waals surface area contributed by atoms with Gasteiger partial charge in [0.25, 0.3) is 0 Å². The second kappa shape index (κ2) is 6.28. The number of carbonyl (C=O) groups excluding carboxylic acids is 1. The number of anilines is 1. The highest BCUT2D eigenvalue weighted by molar-refractivity contribution is 5.94. The van der Waals surface area contributed by atoms with Crippen LogP contribution in [0.1, 0.15) is 41.6 Å². The molecule has 3 rings (SSSR count). The van der Waals surface area contributed by atoms with Crippen molar-refractivity contribution >= 4 is 11.7 Å². The van der Waals surface area contributed by atoms with Gasteiger partial charge in [-0.3, -0.25) is 9.48 Å². The molecule has 2 N–H and O–H groups in total. The summed E-state index contributed by atoms with van der Waals surface area (Å²) in [7, 11) is 3.93. The number of hydrogen-bond donors (Lipinski definition) is 2. The Balaban J connectivity index is 2.07. The monoisotopic (exact) mass is 328 g/mol. The summed E-state index contributed by atoms with van der Waals surface area (Å²) in [6, 6.07) is 5.63. The average Bonchev–Trinajstić information content (AvgIpc) is 2.84. The van der Waals surface area contributed by atoms with E-state index in [-0.39, 0.29) is 17.6 Å². The summed E-state index contributed by atoms with van der Waals surface area (Å²) >= 11 is 0. The highest BCUT2D eigenvalue weighted by atomic mass is 16.3. The first kappa shape index (κ1) is 16.5. The van der Waals surface area contributed by atoms with Crippen LogP contribution in [0.15, 0.2) is 18.2 Å². The molecule has 0 saturated carbocycles. The molecule has 1 aliphatic heterocycles. The zero-order valence-electron chi connectivity index (χ0n) is 14.6. The molecule has 0 fully saturated rings. The fourth-order valence-electron chi connectivity index (χ4n) is 3.42. The minimum atomic E-state index is -0.0319. The molecule has 0 bridgehead atoms. The molecule has 6 heteroatoms. The van der Waals surface area contributed by atoms with E-state index in [0.717, 1.165) is 28.9 Å². The summed E-state index contributed by atoms with van der Waals surface area (Å²) in [5.41, 5.74) is 4.07. The highest BCUT2D eigenvalue weighted by Crippen LogP contribution is 2.39. The van der Waals surface area contributed by atoms with Crippen molar-refractivity contribution in [3.8, 4) is 5.75 Å². The van der Waals surface area contributed by atoms with Gasteiger partial charge in [0.15, 0.2) is 5.82 Å². The Morgan fingerprint density at radius 3 is 2.83 bits per heavy atom. The maximum Gasteiger partial charge on any atom is 0.226 e. The van der Waals surface area contributed by atoms with Gasteiger partial charge in [-0.1, -0.05) is 12.1 Å². The lowest BCUT2D eigenvalue weighted by molar-refractivity contribution is -0.116. The van der Waals surface area contributed by atoms with E-state index in [2.05, 4.69) is 10.4 Å². The molecule has 128 valence electrons. The lowest BCUT2D eigenvalue weighted by Gasteiger charge is -2.24. The van der Waals surface area contributed by atoms with Crippen molar-refractivity contribution in [3.63, 3.8) is 0 Å². The van der Waals surface area contributed by atoms with E-state index in [1.165, 1.54) is 0 Å². The van der Waals surface area contributed by atoms with Crippen LogP contribution in [0.4, 0.5) is 5.82 Å². The topological polar surface area (TPSA) is 70.4 Å². The second-order valence-electron chi connectivity index (χ2n) is 6.59. The predicted octanol–water partition coefficient (Wildman–Crippen LogP) is 2.45. The van der Waals surface area contributed by atoms with Crippen LogP contribution in [0.2, 0.25) is 0 Å². The fourth-order valence-corrected chi connectivity index (χ4v) is 3.42. The molecule has 0 aliphatic carbocycles. The van der Waals surface area contributed by atoms with Crippen molar-refractivity contribution in [1.29, 1.82) is 0 Å². The summed E-state index contributed by atoms with van der Waals surface area (Å²) in [5.74, 6) is 0.901. The zero-order valence-corrected chi connectivity index (χ0v) is 14.6. The van der Waals surface area contributed by atoms with Gasteiger partial charge in [0, 0.05) is 42.2 Å². The number of fused-ring (bicyclic) bond motifs is 1. The Morgan fingerprint density at radius 1 is 1.42 bits per heavy atom. The Labute approximate surface area is 142 Å². The predicted molar refractivity (Wildman–Crippen MR) is 93.2 cm³/mol. The van der Waals surface area contributed by atoms with E-state index in [4.69, 9.17) is 0 Å². The third kappa shape index (κ3) is 2.89. The number of benzene rings is 1. The number of phenolic OH excluding ortho intramolecular Hbond substituents is 1. The van der Waals surface area contributed by atoms with Crippen molar-refractivity contribution in [2.75, 3.05) is 19.4 Å². The van der Waals surface area contributed by atoms with Gasteiger partial charge in [0.2, 0.25) is 5.91 Å². The molecule has 2 aromatic rings. The van der Waals surface area contributed by atoms with Crippen LogP contribution in [0.5, 0.6) is 5.75 Å². The van der Waals surface area contributed by atoms with Crippen molar-refractivity contribution < 1.29 is 9.90 Å². The first-order valence-electron chi connectivity index (χ1n) is 8.24. The molecule has 0 saturated heterocycles. The van der Waals surface area contributed by atoms with Crippen molar-refractivity contribution in [1.82, 2.24) is 14.7 Å². The molecule has 1 aromatic heterocycles. The number of hydrogen-bond acceptors (Lipinski definition) is 4. The number of aromatic hydroxyl groups is 1. The first-order valence-corrected chi connectivity index (χ1v) is 8.24. The Morgan fingerprint density at radius 2 is 2.17 bits per heavy atom. The average molecular weight is 328 g/mol. The van der Waals surface area contributed by atoms with Crippen LogP contribution in [-0.2, 0) is 17.9 Å². The number of rotatable bonds is 4.